The number of allylic oxidation sites excluding steroid dienone is 2. The molecule has 0 bridgehead atoms. The van der Waals surface area contributed by atoms with E-state index in [1.165, 1.54) is 12.0 Å². The third kappa shape index (κ3) is 4.92. The second-order valence-electron chi connectivity index (χ2n) is 4.69. The molecule has 0 N–H and O–H groups in total. The van der Waals surface area contributed by atoms with Gasteiger partial charge in [-0.05, 0) is 43.4 Å². The van der Waals surface area contributed by atoms with Crippen LogP contribution >= 0.6 is 0 Å². The molecule has 1 unspecified atom stereocenters. The van der Waals surface area contributed by atoms with Crippen LogP contribution in [0.3, 0.4) is 0 Å². The van der Waals surface area contributed by atoms with E-state index in [1.807, 2.05) is 6.07 Å². The molecule has 0 radical (unpaired) electrons. The zero-order valence-electron chi connectivity index (χ0n) is 11.1. The maximum Gasteiger partial charge on any atom is 0.119 e. The summed E-state index contributed by atoms with van der Waals surface area (Å²) in [7, 11) is 0. The van der Waals surface area contributed by atoms with Gasteiger partial charge < -0.3 is 9.47 Å². The van der Waals surface area contributed by atoms with Gasteiger partial charge in [0.1, 0.15) is 18.5 Å². The molecule has 0 aromatic heterocycles. The number of hydrogen-bond donors (Lipinski definition) is 0. The lowest BCUT2D eigenvalue weighted by molar-refractivity contribution is 0.263. The predicted molar refractivity (Wildman–Crippen MR) is 74.0 cm³/mol. The maximum absolute atomic E-state index is 5.68. The number of ether oxygens (including phenoxy) is 2. The van der Waals surface area contributed by atoms with E-state index in [2.05, 4.69) is 37.3 Å². The smallest absolute Gasteiger partial charge is 0.119 e. The summed E-state index contributed by atoms with van der Waals surface area (Å²) in [5, 5.41) is 0. The second-order valence-corrected chi connectivity index (χ2v) is 4.69. The van der Waals surface area contributed by atoms with E-state index in [0.717, 1.165) is 31.6 Å². The molecular weight excluding hydrogens is 224 g/mol. The molecule has 1 atom stereocenters. The Morgan fingerprint density at radius 2 is 2.28 bits per heavy atom. The molecule has 0 aliphatic carbocycles. The van der Waals surface area contributed by atoms with Crippen molar-refractivity contribution >= 4 is 0 Å². The van der Waals surface area contributed by atoms with Gasteiger partial charge in [-0.3, -0.25) is 0 Å². The third-order valence-electron chi connectivity index (χ3n) is 2.98. The number of hydrogen-bond acceptors (Lipinski definition) is 2. The topological polar surface area (TPSA) is 21.8 Å². The highest BCUT2D eigenvalue weighted by molar-refractivity contribution is 5.28. The van der Waals surface area contributed by atoms with Crippen LogP contribution in [0, 0.1) is 0 Å². The Kier molecular flexibility index (Phi) is 5.28. The molecule has 1 fully saturated rings. The van der Waals surface area contributed by atoms with E-state index in [1.54, 1.807) is 0 Å². The van der Waals surface area contributed by atoms with Crippen LogP contribution in [0.15, 0.2) is 36.4 Å². The van der Waals surface area contributed by atoms with Gasteiger partial charge in [0.05, 0.1) is 6.61 Å². The first-order valence-corrected chi connectivity index (χ1v) is 6.87. The molecule has 0 spiro atoms. The van der Waals surface area contributed by atoms with Crippen LogP contribution in [-0.4, -0.2) is 19.3 Å². The summed E-state index contributed by atoms with van der Waals surface area (Å²) in [4.78, 5) is 0. The van der Waals surface area contributed by atoms with Crippen molar-refractivity contribution < 1.29 is 9.47 Å². The molecule has 1 aromatic carbocycles. The minimum atomic E-state index is 0.327. The van der Waals surface area contributed by atoms with Gasteiger partial charge >= 0.3 is 0 Å². The van der Waals surface area contributed by atoms with Crippen LogP contribution in [0.5, 0.6) is 5.75 Å². The van der Waals surface area contributed by atoms with Gasteiger partial charge in [0.15, 0.2) is 0 Å². The number of aryl methyl sites for hydroxylation is 1. The van der Waals surface area contributed by atoms with Gasteiger partial charge in [-0.15, -0.1) is 0 Å². The summed E-state index contributed by atoms with van der Waals surface area (Å²) in [5.41, 5.74) is 1.36. The fourth-order valence-electron chi connectivity index (χ4n) is 1.85. The van der Waals surface area contributed by atoms with Crippen molar-refractivity contribution in [3.8, 4) is 5.75 Å². The Labute approximate surface area is 110 Å². The molecule has 98 valence electrons. The van der Waals surface area contributed by atoms with E-state index in [-0.39, 0.29) is 0 Å². The van der Waals surface area contributed by atoms with Crippen LogP contribution in [-0.2, 0) is 11.2 Å². The Morgan fingerprint density at radius 3 is 3.06 bits per heavy atom. The van der Waals surface area contributed by atoms with Crippen LogP contribution in [0.2, 0.25) is 0 Å². The first-order valence-electron chi connectivity index (χ1n) is 6.87. The normalized spacial score (nSPS) is 18.2. The van der Waals surface area contributed by atoms with Crippen molar-refractivity contribution in [3.63, 3.8) is 0 Å². The molecule has 2 rings (SSSR count). The Bertz CT molecular complexity index is 380. The minimum absolute atomic E-state index is 0.327. The zero-order chi connectivity index (χ0) is 12.6. The van der Waals surface area contributed by atoms with Crippen molar-refractivity contribution in [3.05, 3.63) is 42.0 Å². The third-order valence-corrected chi connectivity index (χ3v) is 2.98. The molecular formula is C16H22O2. The van der Waals surface area contributed by atoms with Crippen LogP contribution in [0.1, 0.15) is 31.7 Å². The van der Waals surface area contributed by atoms with Gasteiger partial charge in [-0.25, -0.2) is 0 Å². The second kappa shape index (κ2) is 7.22. The fraction of sp³-hybridized carbons (Fsp3) is 0.500. The molecule has 18 heavy (non-hydrogen) atoms. The summed E-state index contributed by atoms with van der Waals surface area (Å²) in [6.45, 7) is 3.70. The first-order chi connectivity index (χ1) is 8.88. The molecule has 2 nitrogen and oxygen atoms in total. The molecule has 1 aliphatic rings. The van der Waals surface area contributed by atoms with E-state index in [4.69, 9.17) is 9.47 Å². The summed E-state index contributed by atoms with van der Waals surface area (Å²) >= 11 is 0. The lowest BCUT2D eigenvalue weighted by Crippen LogP contribution is -2.04. The van der Waals surface area contributed by atoms with Gasteiger partial charge in [0.25, 0.3) is 0 Å². The van der Waals surface area contributed by atoms with Crippen molar-refractivity contribution in [2.45, 2.75) is 38.7 Å². The standard InChI is InChI=1S/C16H22O2/c1-2-3-4-5-6-8-14-9-7-10-15(11-14)17-12-16-13-18-16/h3-4,7,9-11,16H,2,5-6,8,12-13H2,1H3/b4-3+. The van der Waals surface area contributed by atoms with Crippen molar-refractivity contribution in [1.82, 2.24) is 0 Å². The zero-order valence-corrected chi connectivity index (χ0v) is 11.1. The molecule has 2 heteroatoms. The van der Waals surface area contributed by atoms with E-state index in [0.29, 0.717) is 12.7 Å². The molecule has 1 aliphatic heterocycles. The molecule has 1 saturated heterocycles. The highest BCUT2D eigenvalue weighted by atomic mass is 16.6. The minimum Gasteiger partial charge on any atom is -0.491 e. The molecule has 1 aromatic rings. The number of epoxide rings is 1. The summed E-state index contributed by atoms with van der Waals surface area (Å²) < 4.78 is 10.8. The Balaban J connectivity index is 1.73. The maximum atomic E-state index is 5.68. The lowest BCUT2D eigenvalue weighted by atomic mass is 10.1. The van der Waals surface area contributed by atoms with Gasteiger partial charge in [-0.2, -0.15) is 0 Å². The van der Waals surface area contributed by atoms with Crippen LogP contribution in [0.25, 0.3) is 0 Å². The van der Waals surface area contributed by atoms with Gasteiger partial charge in [0.2, 0.25) is 0 Å². The average molecular weight is 246 g/mol. The lowest BCUT2D eigenvalue weighted by Gasteiger charge is -2.06. The number of rotatable bonds is 8. The van der Waals surface area contributed by atoms with E-state index in [9.17, 15) is 0 Å². The highest BCUT2D eigenvalue weighted by Crippen LogP contribution is 2.17. The van der Waals surface area contributed by atoms with Crippen LogP contribution < -0.4 is 4.74 Å². The van der Waals surface area contributed by atoms with Crippen molar-refractivity contribution in [1.29, 1.82) is 0 Å². The first kappa shape index (κ1) is 13.2. The van der Waals surface area contributed by atoms with E-state index >= 15 is 0 Å². The SMILES string of the molecule is CC/C=C/CCCc1cccc(OCC2CO2)c1. The van der Waals surface area contributed by atoms with Crippen molar-refractivity contribution in [2.75, 3.05) is 13.2 Å². The fourth-order valence-corrected chi connectivity index (χ4v) is 1.85. The number of benzene rings is 1. The molecule has 1 heterocycles. The quantitative estimate of drug-likeness (QED) is 0.396. The van der Waals surface area contributed by atoms with E-state index < -0.39 is 0 Å². The predicted octanol–water partition coefficient (Wildman–Crippen LogP) is 3.75. The van der Waals surface area contributed by atoms with Crippen LogP contribution in [0.4, 0.5) is 0 Å². The largest absolute Gasteiger partial charge is 0.491 e. The average Bonchev–Trinajstić information content (AvgIpc) is 3.21. The molecule has 0 amide bonds. The van der Waals surface area contributed by atoms with Gasteiger partial charge in [-0.1, -0.05) is 31.2 Å². The Hall–Kier alpha value is -1.28. The van der Waals surface area contributed by atoms with Gasteiger partial charge in [0, 0.05) is 0 Å². The van der Waals surface area contributed by atoms with Crippen molar-refractivity contribution in [2.24, 2.45) is 0 Å². The number of unbranched alkanes of at least 4 members (excludes halogenated alkanes) is 1. The summed E-state index contributed by atoms with van der Waals surface area (Å²) in [5.74, 6) is 0.965. The Morgan fingerprint density at radius 1 is 1.39 bits per heavy atom. The highest BCUT2D eigenvalue weighted by Gasteiger charge is 2.22. The summed E-state index contributed by atoms with van der Waals surface area (Å²) in [6.07, 6.45) is 9.44. The summed E-state index contributed by atoms with van der Waals surface area (Å²) in [6, 6.07) is 8.40. The molecule has 0 saturated carbocycles. The monoisotopic (exact) mass is 246 g/mol.